The predicted molar refractivity (Wildman–Crippen MR) is 104 cm³/mol. The van der Waals surface area contributed by atoms with Gasteiger partial charge in [-0.05, 0) is 19.8 Å². The van der Waals surface area contributed by atoms with Crippen LogP contribution in [-0.4, -0.2) is 85.5 Å². The van der Waals surface area contributed by atoms with Crippen LogP contribution in [0.1, 0.15) is 31.9 Å². The Bertz CT molecular complexity index is 827. The Labute approximate surface area is 177 Å². The van der Waals surface area contributed by atoms with Gasteiger partial charge in [0.2, 0.25) is 17.7 Å². The van der Waals surface area contributed by atoms with Crippen molar-refractivity contribution in [3.05, 3.63) is 18.2 Å². The maximum atomic E-state index is 12.8. The van der Waals surface area contributed by atoms with Gasteiger partial charge in [0.1, 0.15) is 18.1 Å². The molecule has 0 aliphatic carbocycles. The number of H-pyrrole nitrogens is 1. The lowest BCUT2D eigenvalue weighted by atomic mass is 10.1. The summed E-state index contributed by atoms with van der Waals surface area (Å²) >= 11 is 0. The quantitative estimate of drug-likeness (QED) is 0.234. The summed E-state index contributed by atoms with van der Waals surface area (Å²) in [5, 5.41) is 22.4. The second-order valence-electron chi connectivity index (χ2n) is 7.30. The Morgan fingerprint density at radius 1 is 1.29 bits per heavy atom. The minimum Gasteiger partial charge on any atom is -0.481 e. The molecule has 1 aliphatic heterocycles. The minimum atomic E-state index is -1.50. The second-order valence-corrected chi connectivity index (χ2v) is 7.30. The smallest absolute Gasteiger partial charge is 0.325 e. The molecular formula is C18H26N6O7. The third-order valence-electron chi connectivity index (χ3n) is 4.89. The first-order valence-corrected chi connectivity index (χ1v) is 9.68. The van der Waals surface area contributed by atoms with Gasteiger partial charge in [-0.2, -0.15) is 0 Å². The lowest BCUT2D eigenvalue weighted by Gasteiger charge is -2.28. The van der Waals surface area contributed by atoms with Crippen LogP contribution in [0.2, 0.25) is 0 Å². The highest BCUT2D eigenvalue weighted by molar-refractivity contribution is 5.95. The van der Waals surface area contributed by atoms with Crippen molar-refractivity contribution < 1.29 is 34.2 Å². The van der Waals surface area contributed by atoms with Crippen LogP contribution < -0.4 is 16.4 Å². The van der Waals surface area contributed by atoms with Crippen molar-refractivity contribution >= 4 is 29.7 Å². The first kappa shape index (κ1) is 23.8. The van der Waals surface area contributed by atoms with Crippen molar-refractivity contribution in [2.75, 3.05) is 6.54 Å². The number of aromatic amines is 1. The summed E-state index contributed by atoms with van der Waals surface area (Å²) in [6.45, 7) is 1.50. The van der Waals surface area contributed by atoms with E-state index in [4.69, 9.17) is 15.9 Å². The summed E-state index contributed by atoms with van der Waals surface area (Å²) in [7, 11) is 0. The van der Waals surface area contributed by atoms with E-state index in [0.717, 1.165) is 0 Å². The van der Waals surface area contributed by atoms with Gasteiger partial charge >= 0.3 is 11.9 Å². The van der Waals surface area contributed by atoms with Crippen molar-refractivity contribution in [1.29, 1.82) is 0 Å². The molecule has 4 unspecified atom stereocenters. The molecular weight excluding hydrogens is 412 g/mol. The standard InChI is InChI=1S/C18H26N6O7/c1-9(18(30)31)22-15(27)12(6-14(25)26)23-16(28)13-3-2-4-24(13)17(29)11(19)5-10-7-20-8-21-10/h7-9,11-13H,2-6,19H2,1H3,(H,20,21)(H,22,27)(H,23,28)(H,25,26)(H,30,31). The van der Waals surface area contributed by atoms with Crippen LogP contribution in [0.4, 0.5) is 0 Å². The Hall–Kier alpha value is -3.48. The average molecular weight is 438 g/mol. The molecule has 1 fully saturated rings. The van der Waals surface area contributed by atoms with Crippen molar-refractivity contribution in [1.82, 2.24) is 25.5 Å². The number of nitrogens with two attached hydrogens (primary N) is 1. The number of nitrogens with one attached hydrogen (secondary N) is 3. The van der Waals surface area contributed by atoms with E-state index in [-0.39, 0.29) is 6.42 Å². The fraction of sp³-hybridized carbons (Fsp3) is 0.556. The molecule has 0 aromatic carbocycles. The number of carbonyl (C=O) groups excluding carboxylic acids is 3. The summed E-state index contributed by atoms with van der Waals surface area (Å²) in [6.07, 6.45) is 3.30. The molecule has 13 nitrogen and oxygen atoms in total. The van der Waals surface area contributed by atoms with Crippen LogP contribution in [0, 0.1) is 0 Å². The van der Waals surface area contributed by atoms with Crippen molar-refractivity contribution in [2.45, 2.75) is 56.8 Å². The number of rotatable bonds is 10. The molecule has 0 saturated carbocycles. The van der Waals surface area contributed by atoms with Crippen LogP contribution in [0.3, 0.4) is 0 Å². The fourth-order valence-corrected chi connectivity index (χ4v) is 3.26. The summed E-state index contributed by atoms with van der Waals surface area (Å²) < 4.78 is 0. The Morgan fingerprint density at radius 3 is 2.58 bits per heavy atom. The van der Waals surface area contributed by atoms with E-state index in [1.54, 1.807) is 0 Å². The molecule has 3 amide bonds. The Balaban J connectivity index is 2.05. The number of carbonyl (C=O) groups is 5. The molecule has 1 aromatic rings. The zero-order chi connectivity index (χ0) is 23.1. The van der Waals surface area contributed by atoms with Crippen molar-refractivity contribution in [2.24, 2.45) is 5.73 Å². The number of hydrogen-bond donors (Lipinski definition) is 6. The maximum absolute atomic E-state index is 12.8. The SMILES string of the molecule is CC(NC(=O)C(CC(=O)O)NC(=O)C1CCCN1C(=O)C(N)Cc1cnc[nH]1)C(=O)O. The zero-order valence-electron chi connectivity index (χ0n) is 16.9. The molecule has 2 heterocycles. The number of nitrogens with zero attached hydrogens (tertiary/aromatic N) is 2. The molecule has 1 aromatic heterocycles. The predicted octanol–water partition coefficient (Wildman–Crippen LogP) is -2.18. The van der Waals surface area contributed by atoms with Crippen LogP contribution in [-0.2, 0) is 30.4 Å². The number of carboxylic acid groups (broad SMARTS) is 2. The summed E-state index contributed by atoms with van der Waals surface area (Å²) in [5.74, 6) is -4.77. The molecule has 1 aliphatic rings. The molecule has 170 valence electrons. The first-order chi connectivity index (χ1) is 14.6. The number of likely N-dealkylation sites (tertiary alicyclic amines) is 1. The van der Waals surface area contributed by atoms with Gasteiger partial charge in [-0.3, -0.25) is 24.0 Å². The minimum absolute atomic E-state index is 0.195. The molecule has 4 atom stereocenters. The van der Waals surface area contributed by atoms with E-state index in [9.17, 15) is 24.0 Å². The van der Waals surface area contributed by atoms with Crippen molar-refractivity contribution in [3.8, 4) is 0 Å². The largest absolute Gasteiger partial charge is 0.481 e. The lowest BCUT2D eigenvalue weighted by molar-refractivity contribution is -0.144. The zero-order valence-corrected chi connectivity index (χ0v) is 16.9. The molecule has 7 N–H and O–H groups in total. The highest BCUT2D eigenvalue weighted by atomic mass is 16.4. The summed E-state index contributed by atoms with van der Waals surface area (Å²) in [6, 6.07) is -4.60. The second kappa shape index (κ2) is 10.5. The number of aliphatic carboxylic acids is 2. The molecule has 13 heteroatoms. The number of amides is 3. The van der Waals surface area contributed by atoms with Gasteiger partial charge in [0.05, 0.1) is 18.8 Å². The van der Waals surface area contributed by atoms with E-state index < -0.39 is 60.2 Å². The Kier molecular flexibility index (Phi) is 8.07. The lowest BCUT2D eigenvalue weighted by Crippen LogP contribution is -2.57. The highest BCUT2D eigenvalue weighted by Gasteiger charge is 2.38. The molecule has 1 saturated heterocycles. The summed E-state index contributed by atoms with van der Waals surface area (Å²) in [4.78, 5) is 67.9. The maximum Gasteiger partial charge on any atom is 0.325 e. The van der Waals surface area contributed by atoms with Gasteiger partial charge in [0.25, 0.3) is 0 Å². The van der Waals surface area contributed by atoms with Gasteiger partial charge in [-0.1, -0.05) is 0 Å². The van der Waals surface area contributed by atoms with Gasteiger partial charge in [0, 0.05) is 24.9 Å². The number of hydrogen-bond acceptors (Lipinski definition) is 7. The fourth-order valence-electron chi connectivity index (χ4n) is 3.26. The van der Waals surface area contributed by atoms with Gasteiger partial charge in [0.15, 0.2) is 0 Å². The van der Waals surface area contributed by atoms with Gasteiger partial charge in [-0.15, -0.1) is 0 Å². The summed E-state index contributed by atoms with van der Waals surface area (Å²) in [5.41, 5.74) is 6.64. The molecule has 31 heavy (non-hydrogen) atoms. The molecule has 0 radical (unpaired) electrons. The number of aromatic nitrogens is 2. The van der Waals surface area contributed by atoms with Crippen molar-refractivity contribution in [3.63, 3.8) is 0 Å². The normalized spacial score (nSPS) is 18.6. The third kappa shape index (κ3) is 6.50. The van der Waals surface area contributed by atoms with Crippen LogP contribution in [0.5, 0.6) is 0 Å². The third-order valence-corrected chi connectivity index (χ3v) is 4.89. The molecule has 0 bridgehead atoms. The number of imidazole rings is 1. The van der Waals surface area contributed by atoms with Crippen LogP contribution in [0.25, 0.3) is 0 Å². The Morgan fingerprint density at radius 2 is 2.00 bits per heavy atom. The van der Waals surface area contributed by atoms with E-state index in [2.05, 4.69) is 20.6 Å². The van der Waals surface area contributed by atoms with E-state index >= 15 is 0 Å². The van der Waals surface area contributed by atoms with E-state index in [1.165, 1.54) is 24.3 Å². The van der Waals surface area contributed by atoms with Crippen LogP contribution >= 0.6 is 0 Å². The van der Waals surface area contributed by atoms with E-state index in [1.807, 2.05) is 0 Å². The van der Waals surface area contributed by atoms with Gasteiger partial charge in [-0.25, -0.2) is 4.98 Å². The molecule has 0 spiro atoms. The first-order valence-electron chi connectivity index (χ1n) is 9.68. The monoisotopic (exact) mass is 438 g/mol. The van der Waals surface area contributed by atoms with E-state index in [0.29, 0.717) is 25.1 Å². The molecule has 2 rings (SSSR count). The highest BCUT2D eigenvalue weighted by Crippen LogP contribution is 2.19. The van der Waals surface area contributed by atoms with Gasteiger partial charge < -0.3 is 36.5 Å². The van der Waals surface area contributed by atoms with Crippen LogP contribution in [0.15, 0.2) is 12.5 Å². The topological polar surface area (TPSA) is 208 Å². The number of carboxylic acids is 2. The average Bonchev–Trinajstić information content (AvgIpc) is 3.38.